The summed E-state index contributed by atoms with van der Waals surface area (Å²) in [6.45, 7) is 0. The predicted molar refractivity (Wildman–Crippen MR) is 44.6 cm³/mol. The summed E-state index contributed by atoms with van der Waals surface area (Å²) in [5, 5.41) is 0. The fraction of sp³-hybridized carbons (Fsp3) is 0.333. The molecule has 0 N–H and O–H groups in total. The summed E-state index contributed by atoms with van der Waals surface area (Å²) < 4.78 is 68.6. The van der Waals surface area contributed by atoms with Gasteiger partial charge in [-0.2, -0.15) is 0 Å². The van der Waals surface area contributed by atoms with E-state index in [0.29, 0.717) is 0 Å². The lowest BCUT2D eigenvalue weighted by molar-refractivity contribution is -0.275. The Hall–Kier alpha value is -1.53. The van der Waals surface area contributed by atoms with Crippen LogP contribution in [0.3, 0.4) is 0 Å². The number of methoxy groups -OCH3 is 1. The fourth-order valence-electron chi connectivity index (χ4n) is 1.13. The third-order valence-corrected chi connectivity index (χ3v) is 1.67. The highest BCUT2D eigenvalue weighted by Gasteiger charge is 2.33. The molecule has 90 valence electrons. The minimum atomic E-state index is -4.95. The van der Waals surface area contributed by atoms with Crippen molar-refractivity contribution in [2.75, 3.05) is 7.11 Å². The van der Waals surface area contributed by atoms with Gasteiger partial charge >= 0.3 is 6.36 Å². The Balaban J connectivity index is 3.14. The zero-order valence-corrected chi connectivity index (χ0v) is 8.02. The molecular formula is C9H7F5O2. The number of alkyl halides is 5. The number of hydrogen-bond acceptors (Lipinski definition) is 2. The molecule has 0 aliphatic heterocycles. The van der Waals surface area contributed by atoms with E-state index in [1.54, 1.807) is 0 Å². The largest absolute Gasteiger partial charge is 0.573 e. The van der Waals surface area contributed by atoms with Crippen molar-refractivity contribution in [2.24, 2.45) is 0 Å². The Morgan fingerprint density at radius 1 is 1.19 bits per heavy atom. The summed E-state index contributed by atoms with van der Waals surface area (Å²) >= 11 is 0. The van der Waals surface area contributed by atoms with E-state index in [9.17, 15) is 22.0 Å². The van der Waals surface area contributed by atoms with Gasteiger partial charge < -0.3 is 9.47 Å². The monoisotopic (exact) mass is 242 g/mol. The van der Waals surface area contributed by atoms with Crippen molar-refractivity contribution < 1.29 is 31.4 Å². The molecule has 0 aromatic heterocycles. The molecule has 7 heteroatoms. The molecule has 1 aromatic carbocycles. The zero-order valence-electron chi connectivity index (χ0n) is 8.02. The molecule has 2 nitrogen and oxygen atoms in total. The SMILES string of the molecule is COc1c(OC(F)(F)F)cccc1C(F)F. The number of benzene rings is 1. The van der Waals surface area contributed by atoms with Crippen molar-refractivity contribution in [3.8, 4) is 11.5 Å². The average molecular weight is 242 g/mol. The highest BCUT2D eigenvalue weighted by atomic mass is 19.4. The second-order valence-electron chi connectivity index (χ2n) is 2.73. The minimum Gasteiger partial charge on any atom is -0.492 e. The van der Waals surface area contributed by atoms with Gasteiger partial charge in [-0.3, -0.25) is 0 Å². The Kier molecular flexibility index (Phi) is 3.56. The molecule has 0 atom stereocenters. The van der Waals surface area contributed by atoms with Gasteiger partial charge in [-0.05, 0) is 12.1 Å². The standard InChI is InChI=1S/C9H7F5O2/c1-15-7-5(8(10)11)3-2-4-6(7)16-9(12,13)14/h2-4,8H,1H3. The second-order valence-corrected chi connectivity index (χ2v) is 2.73. The van der Waals surface area contributed by atoms with Crippen LogP contribution in [0.5, 0.6) is 11.5 Å². The van der Waals surface area contributed by atoms with Crippen LogP contribution in [0, 0.1) is 0 Å². The smallest absolute Gasteiger partial charge is 0.492 e. The van der Waals surface area contributed by atoms with Crippen LogP contribution >= 0.6 is 0 Å². The van der Waals surface area contributed by atoms with E-state index in [1.807, 2.05) is 0 Å². The highest BCUT2D eigenvalue weighted by molar-refractivity contribution is 5.47. The Morgan fingerprint density at radius 3 is 2.25 bits per heavy atom. The molecule has 0 aliphatic rings. The first-order valence-electron chi connectivity index (χ1n) is 4.06. The summed E-state index contributed by atoms with van der Waals surface area (Å²) in [4.78, 5) is 0. The maximum atomic E-state index is 12.4. The number of rotatable bonds is 3. The van der Waals surface area contributed by atoms with Gasteiger partial charge in [0, 0.05) is 0 Å². The zero-order chi connectivity index (χ0) is 12.3. The molecule has 0 unspecified atom stereocenters. The summed E-state index contributed by atoms with van der Waals surface area (Å²) in [5.74, 6) is -1.40. The molecule has 0 radical (unpaired) electrons. The normalized spacial score (nSPS) is 11.7. The first-order chi connectivity index (χ1) is 7.35. The molecule has 0 heterocycles. The van der Waals surface area contributed by atoms with Gasteiger partial charge in [0.15, 0.2) is 11.5 Å². The predicted octanol–water partition coefficient (Wildman–Crippen LogP) is 3.53. The molecule has 0 saturated heterocycles. The van der Waals surface area contributed by atoms with Gasteiger partial charge in [-0.15, -0.1) is 13.2 Å². The van der Waals surface area contributed by atoms with Crippen LogP contribution in [0.4, 0.5) is 22.0 Å². The number of para-hydroxylation sites is 1. The van der Waals surface area contributed by atoms with Crippen molar-refractivity contribution >= 4 is 0 Å². The molecule has 0 fully saturated rings. The molecular weight excluding hydrogens is 235 g/mol. The van der Waals surface area contributed by atoms with E-state index in [1.165, 1.54) is 0 Å². The van der Waals surface area contributed by atoms with Crippen LogP contribution in [0.1, 0.15) is 12.0 Å². The summed E-state index contributed by atoms with van der Waals surface area (Å²) in [7, 11) is 0.991. The topological polar surface area (TPSA) is 18.5 Å². The van der Waals surface area contributed by atoms with E-state index in [-0.39, 0.29) is 0 Å². The van der Waals surface area contributed by atoms with Gasteiger partial charge in [0.25, 0.3) is 6.43 Å². The van der Waals surface area contributed by atoms with Crippen LogP contribution in [0.15, 0.2) is 18.2 Å². The van der Waals surface area contributed by atoms with Crippen molar-refractivity contribution in [1.82, 2.24) is 0 Å². The van der Waals surface area contributed by atoms with Crippen LogP contribution < -0.4 is 9.47 Å². The van der Waals surface area contributed by atoms with Gasteiger partial charge in [0.05, 0.1) is 12.7 Å². The second kappa shape index (κ2) is 4.54. The van der Waals surface area contributed by atoms with Crippen LogP contribution in [-0.4, -0.2) is 13.5 Å². The maximum Gasteiger partial charge on any atom is 0.573 e. The highest BCUT2D eigenvalue weighted by Crippen LogP contribution is 2.38. The minimum absolute atomic E-state index is 0.616. The Morgan fingerprint density at radius 2 is 1.81 bits per heavy atom. The third kappa shape index (κ3) is 2.98. The summed E-state index contributed by atoms with van der Waals surface area (Å²) in [6.07, 6.45) is -7.89. The van der Waals surface area contributed by atoms with E-state index < -0.39 is 29.9 Å². The fourth-order valence-corrected chi connectivity index (χ4v) is 1.13. The molecule has 0 bridgehead atoms. The molecule has 0 spiro atoms. The molecule has 1 rings (SSSR count). The lowest BCUT2D eigenvalue weighted by Crippen LogP contribution is -2.17. The Labute approximate surface area is 87.6 Å². The Bertz CT molecular complexity index is 361. The molecule has 0 amide bonds. The lowest BCUT2D eigenvalue weighted by atomic mass is 10.2. The van der Waals surface area contributed by atoms with Crippen molar-refractivity contribution in [3.63, 3.8) is 0 Å². The summed E-state index contributed by atoms with van der Waals surface area (Å²) in [6, 6.07) is 2.90. The summed E-state index contributed by atoms with van der Waals surface area (Å²) in [5.41, 5.74) is -0.649. The van der Waals surface area contributed by atoms with Crippen LogP contribution in [0.2, 0.25) is 0 Å². The molecule has 16 heavy (non-hydrogen) atoms. The maximum absolute atomic E-state index is 12.4. The van der Waals surface area contributed by atoms with Gasteiger partial charge in [-0.25, -0.2) is 8.78 Å². The van der Waals surface area contributed by atoms with Gasteiger partial charge in [-0.1, -0.05) is 6.07 Å². The average Bonchev–Trinajstić information content (AvgIpc) is 2.14. The lowest BCUT2D eigenvalue weighted by Gasteiger charge is -2.14. The van der Waals surface area contributed by atoms with Crippen molar-refractivity contribution in [2.45, 2.75) is 12.8 Å². The first-order valence-corrected chi connectivity index (χ1v) is 4.06. The number of ether oxygens (including phenoxy) is 2. The van der Waals surface area contributed by atoms with Gasteiger partial charge in [0.2, 0.25) is 0 Å². The molecule has 0 aliphatic carbocycles. The van der Waals surface area contributed by atoms with Crippen LogP contribution in [0.25, 0.3) is 0 Å². The third-order valence-electron chi connectivity index (χ3n) is 1.67. The first kappa shape index (κ1) is 12.5. The van der Waals surface area contributed by atoms with Gasteiger partial charge in [0.1, 0.15) is 0 Å². The van der Waals surface area contributed by atoms with E-state index >= 15 is 0 Å². The quantitative estimate of drug-likeness (QED) is 0.755. The number of halogens is 5. The number of hydrogen-bond donors (Lipinski definition) is 0. The van der Waals surface area contributed by atoms with Crippen molar-refractivity contribution in [3.05, 3.63) is 23.8 Å². The molecule has 1 aromatic rings. The van der Waals surface area contributed by atoms with Crippen LogP contribution in [-0.2, 0) is 0 Å². The van der Waals surface area contributed by atoms with E-state index in [0.717, 1.165) is 25.3 Å². The van der Waals surface area contributed by atoms with Crippen molar-refractivity contribution in [1.29, 1.82) is 0 Å². The van der Waals surface area contributed by atoms with E-state index in [2.05, 4.69) is 9.47 Å². The molecule has 0 saturated carbocycles. The van der Waals surface area contributed by atoms with E-state index in [4.69, 9.17) is 0 Å².